The summed E-state index contributed by atoms with van der Waals surface area (Å²) >= 11 is 0. The average Bonchev–Trinajstić information content (AvgIpc) is 3.13. The second kappa shape index (κ2) is 8.80. The first-order chi connectivity index (χ1) is 12.5. The predicted molar refractivity (Wildman–Crippen MR) is 94.5 cm³/mol. The van der Waals surface area contributed by atoms with E-state index < -0.39 is 0 Å². The van der Waals surface area contributed by atoms with E-state index >= 15 is 0 Å². The predicted octanol–water partition coefficient (Wildman–Crippen LogP) is 2.29. The minimum atomic E-state index is -0.360. The number of amides is 2. The summed E-state index contributed by atoms with van der Waals surface area (Å²) in [5.74, 6) is 1.27. The third kappa shape index (κ3) is 4.69. The largest absolute Gasteiger partial charge is 0.493 e. The molecule has 0 aliphatic rings. The molecule has 8 nitrogen and oxygen atoms in total. The van der Waals surface area contributed by atoms with Gasteiger partial charge in [-0.1, -0.05) is 0 Å². The normalized spacial score (nSPS) is 10.2. The summed E-state index contributed by atoms with van der Waals surface area (Å²) in [5, 5.41) is 2.73. The van der Waals surface area contributed by atoms with Crippen LogP contribution in [0, 0.1) is 0 Å². The van der Waals surface area contributed by atoms with Crippen LogP contribution in [0.1, 0.15) is 12.7 Å². The fourth-order valence-electron chi connectivity index (χ4n) is 2.40. The van der Waals surface area contributed by atoms with Gasteiger partial charge in [-0.15, -0.1) is 0 Å². The zero-order chi connectivity index (χ0) is 19.1. The highest BCUT2D eigenvalue weighted by Crippen LogP contribution is 2.39. The smallest absolute Gasteiger partial charge is 0.244 e. The Hall–Kier alpha value is -3.16. The first kappa shape index (κ1) is 19.2. The molecule has 1 aromatic carbocycles. The van der Waals surface area contributed by atoms with Crippen LogP contribution in [0.25, 0.3) is 0 Å². The molecule has 8 heteroatoms. The van der Waals surface area contributed by atoms with Crippen LogP contribution in [-0.4, -0.2) is 44.6 Å². The zero-order valence-corrected chi connectivity index (χ0v) is 15.2. The van der Waals surface area contributed by atoms with Crippen LogP contribution in [0.5, 0.6) is 17.2 Å². The molecule has 0 aliphatic heterocycles. The second-order valence-corrected chi connectivity index (χ2v) is 5.42. The van der Waals surface area contributed by atoms with Crippen LogP contribution >= 0.6 is 0 Å². The van der Waals surface area contributed by atoms with Gasteiger partial charge in [0.05, 0.1) is 34.1 Å². The molecular formula is C18H22N2O6. The van der Waals surface area contributed by atoms with Gasteiger partial charge in [-0.25, -0.2) is 0 Å². The van der Waals surface area contributed by atoms with Crippen LogP contribution in [0.4, 0.5) is 5.69 Å². The van der Waals surface area contributed by atoms with Gasteiger partial charge in [0, 0.05) is 24.7 Å². The average molecular weight is 362 g/mol. The van der Waals surface area contributed by atoms with Crippen LogP contribution in [-0.2, 0) is 16.1 Å². The summed E-state index contributed by atoms with van der Waals surface area (Å²) in [7, 11) is 4.48. The number of carbonyl (C=O) groups excluding carboxylic acids is 2. The van der Waals surface area contributed by atoms with Crippen molar-refractivity contribution in [2.75, 3.05) is 33.2 Å². The Labute approximate surface area is 151 Å². The van der Waals surface area contributed by atoms with Gasteiger partial charge in [-0.3, -0.25) is 9.59 Å². The van der Waals surface area contributed by atoms with Crippen LogP contribution < -0.4 is 19.5 Å². The van der Waals surface area contributed by atoms with Crippen molar-refractivity contribution >= 4 is 17.5 Å². The fraction of sp³-hybridized carbons (Fsp3) is 0.333. The Balaban J connectivity index is 2.11. The quantitative estimate of drug-likeness (QED) is 0.775. The summed E-state index contributed by atoms with van der Waals surface area (Å²) in [5.41, 5.74) is 0.464. The van der Waals surface area contributed by atoms with E-state index in [1.165, 1.54) is 39.4 Å². The van der Waals surface area contributed by atoms with Gasteiger partial charge in [0.1, 0.15) is 12.3 Å². The number of benzene rings is 1. The summed E-state index contributed by atoms with van der Waals surface area (Å²) < 4.78 is 21.0. The van der Waals surface area contributed by atoms with Crippen LogP contribution in [0.2, 0.25) is 0 Å². The van der Waals surface area contributed by atoms with E-state index in [4.69, 9.17) is 18.6 Å². The summed E-state index contributed by atoms with van der Waals surface area (Å²) in [6.45, 7) is 1.49. The van der Waals surface area contributed by atoms with Crippen molar-refractivity contribution in [1.29, 1.82) is 0 Å². The van der Waals surface area contributed by atoms with Crippen molar-refractivity contribution in [2.45, 2.75) is 13.5 Å². The molecule has 0 saturated carbocycles. The Kier molecular flexibility index (Phi) is 6.48. The van der Waals surface area contributed by atoms with E-state index in [0.29, 0.717) is 28.7 Å². The SMILES string of the molecule is COc1cc(NC(=O)CN(Cc2ccco2)C(C)=O)cc(OC)c1OC. The number of hydrogen-bond acceptors (Lipinski definition) is 6. The number of carbonyl (C=O) groups is 2. The van der Waals surface area contributed by atoms with E-state index in [-0.39, 0.29) is 24.9 Å². The van der Waals surface area contributed by atoms with Gasteiger partial charge >= 0.3 is 0 Å². The number of hydrogen-bond donors (Lipinski definition) is 1. The van der Waals surface area contributed by atoms with Crippen molar-refractivity contribution in [1.82, 2.24) is 4.90 Å². The minimum Gasteiger partial charge on any atom is -0.493 e. The highest BCUT2D eigenvalue weighted by molar-refractivity contribution is 5.94. The standard InChI is InChI=1S/C18H22N2O6/c1-12(21)20(10-14-6-5-7-26-14)11-17(22)19-13-8-15(23-2)18(25-4)16(9-13)24-3/h5-9H,10-11H2,1-4H3,(H,19,22). The maximum absolute atomic E-state index is 12.4. The maximum atomic E-state index is 12.4. The van der Waals surface area contributed by atoms with Crippen molar-refractivity contribution in [3.63, 3.8) is 0 Å². The molecule has 0 radical (unpaired) electrons. The molecule has 2 rings (SSSR count). The second-order valence-electron chi connectivity index (χ2n) is 5.42. The number of furan rings is 1. The monoisotopic (exact) mass is 362 g/mol. The Bertz CT molecular complexity index is 732. The van der Waals surface area contributed by atoms with Crippen molar-refractivity contribution in [3.8, 4) is 17.2 Å². The molecule has 26 heavy (non-hydrogen) atoms. The van der Waals surface area contributed by atoms with Gasteiger partial charge in [0.15, 0.2) is 11.5 Å². The molecule has 2 aromatic rings. The molecule has 0 unspecified atom stereocenters. The molecule has 0 fully saturated rings. The highest BCUT2D eigenvalue weighted by Gasteiger charge is 2.18. The molecule has 140 valence electrons. The lowest BCUT2D eigenvalue weighted by molar-refractivity contribution is -0.133. The van der Waals surface area contributed by atoms with E-state index in [2.05, 4.69) is 5.32 Å². The Morgan fingerprint density at radius 2 is 1.77 bits per heavy atom. The number of rotatable bonds is 8. The van der Waals surface area contributed by atoms with E-state index in [9.17, 15) is 9.59 Å². The number of methoxy groups -OCH3 is 3. The maximum Gasteiger partial charge on any atom is 0.244 e. The van der Waals surface area contributed by atoms with Gasteiger partial charge in [0.2, 0.25) is 17.6 Å². The summed E-state index contributed by atoms with van der Waals surface area (Å²) in [6, 6.07) is 6.70. The Morgan fingerprint density at radius 3 is 2.23 bits per heavy atom. The third-order valence-corrected chi connectivity index (χ3v) is 3.66. The van der Waals surface area contributed by atoms with Crippen molar-refractivity contribution < 1.29 is 28.2 Å². The first-order valence-corrected chi connectivity index (χ1v) is 7.86. The van der Waals surface area contributed by atoms with Gasteiger partial charge in [0.25, 0.3) is 0 Å². The number of nitrogens with zero attached hydrogens (tertiary/aromatic N) is 1. The summed E-state index contributed by atoms with van der Waals surface area (Å²) in [6.07, 6.45) is 1.52. The number of nitrogens with one attached hydrogen (secondary N) is 1. The van der Waals surface area contributed by atoms with Gasteiger partial charge in [-0.2, -0.15) is 0 Å². The van der Waals surface area contributed by atoms with E-state index in [0.717, 1.165) is 0 Å². The molecule has 1 heterocycles. The van der Waals surface area contributed by atoms with Crippen LogP contribution in [0.15, 0.2) is 34.9 Å². The lowest BCUT2D eigenvalue weighted by Gasteiger charge is -2.20. The number of anilines is 1. The minimum absolute atomic E-state index is 0.118. The van der Waals surface area contributed by atoms with Crippen LogP contribution in [0.3, 0.4) is 0 Å². The van der Waals surface area contributed by atoms with Crippen molar-refractivity contribution in [3.05, 3.63) is 36.3 Å². The lowest BCUT2D eigenvalue weighted by Crippen LogP contribution is -2.36. The van der Waals surface area contributed by atoms with Crippen molar-refractivity contribution in [2.24, 2.45) is 0 Å². The molecular weight excluding hydrogens is 340 g/mol. The topological polar surface area (TPSA) is 90.2 Å². The molecule has 0 spiro atoms. The fourth-order valence-corrected chi connectivity index (χ4v) is 2.40. The Morgan fingerprint density at radius 1 is 1.12 bits per heavy atom. The molecule has 0 atom stereocenters. The lowest BCUT2D eigenvalue weighted by atomic mass is 10.2. The molecule has 1 aromatic heterocycles. The van der Waals surface area contributed by atoms with E-state index in [1.54, 1.807) is 24.3 Å². The molecule has 0 bridgehead atoms. The molecule has 0 saturated heterocycles. The van der Waals surface area contributed by atoms with Gasteiger partial charge < -0.3 is 28.8 Å². The number of ether oxygens (including phenoxy) is 3. The molecule has 2 amide bonds. The zero-order valence-electron chi connectivity index (χ0n) is 15.2. The first-order valence-electron chi connectivity index (χ1n) is 7.86. The molecule has 0 aliphatic carbocycles. The summed E-state index contributed by atoms with van der Waals surface area (Å²) in [4.78, 5) is 25.5. The molecule has 1 N–H and O–H groups in total. The highest BCUT2D eigenvalue weighted by atomic mass is 16.5. The van der Waals surface area contributed by atoms with Gasteiger partial charge in [-0.05, 0) is 12.1 Å². The third-order valence-electron chi connectivity index (χ3n) is 3.66. The van der Waals surface area contributed by atoms with E-state index in [1.807, 2.05) is 0 Å².